The second-order valence-electron chi connectivity index (χ2n) is 5.74. The highest BCUT2D eigenvalue weighted by atomic mass is 16.5. The number of nitrogens with two attached hydrogens (primary N) is 1. The van der Waals surface area contributed by atoms with Crippen molar-refractivity contribution in [2.75, 3.05) is 57.6 Å². The highest BCUT2D eigenvalue weighted by Gasteiger charge is 2.21. The fraction of sp³-hybridized carbons (Fsp3) is 0.667. The quantitative estimate of drug-likeness (QED) is 0.828. The number of nitriles is 1. The fourth-order valence-electron chi connectivity index (χ4n) is 2.74. The third kappa shape index (κ3) is 4.29. The van der Waals surface area contributed by atoms with Crippen LogP contribution in [-0.4, -0.2) is 61.8 Å². The minimum atomic E-state index is 0.244. The zero-order valence-corrected chi connectivity index (χ0v) is 13.3. The van der Waals surface area contributed by atoms with Crippen LogP contribution < -0.4 is 10.6 Å². The van der Waals surface area contributed by atoms with Gasteiger partial charge in [0.2, 0.25) is 5.95 Å². The van der Waals surface area contributed by atoms with Crippen LogP contribution in [0, 0.1) is 17.2 Å². The van der Waals surface area contributed by atoms with E-state index in [4.69, 9.17) is 15.7 Å². The number of nitrogens with zero attached hydrogens (tertiary/aromatic N) is 5. The van der Waals surface area contributed by atoms with Gasteiger partial charge in [0.1, 0.15) is 17.5 Å². The molecule has 2 rings (SSSR count). The van der Waals surface area contributed by atoms with Crippen LogP contribution >= 0.6 is 0 Å². The molecule has 0 atom stereocenters. The van der Waals surface area contributed by atoms with Crippen LogP contribution in [0.3, 0.4) is 0 Å². The number of anilines is 2. The van der Waals surface area contributed by atoms with Crippen molar-refractivity contribution in [3.8, 4) is 6.07 Å². The Balaban J connectivity index is 1.84. The Morgan fingerprint density at radius 3 is 2.82 bits per heavy atom. The normalized spacial score (nSPS) is 16.4. The second kappa shape index (κ2) is 7.92. The molecule has 0 aromatic carbocycles. The highest BCUT2D eigenvalue weighted by Crippen LogP contribution is 2.20. The fourth-order valence-corrected chi connectivity index (χ4v) is 2.74. The standard InChI is InChI=1S/C15H24N6O/c1-20(15-18-10-13(9-16)14(17)19-15)11-12-3-5-21(6-4-12)7-8-22-2/h10,12H,3-8,11H2,1-2H3,(H2,17,18,19). The summed E-state index contributed by atoms with van der Waals surface area (Å²) in [4.78, 5) is 12.9. The molecule has 1 aliphatic rings. The van der Waals surface area contributed by atoms with E-state index in [9.17, 15) is 0 Å². The molecule has 1 aromatic rings. The molecule has 1 aromatic heterocycles. The van der Waals surface area contributed by atoms with Crippen LogP contribution in [0.25, 0.3) is 0 Å². The third-order valence-electron chi connectivity index (χ3n) is 4.12. The molecule has 22 heavy (non-hydrogen) atoms. The molecule has 2 heterocycles. The van der Waals surface area contributed by atoms with Gasteiger partial charge in [0.25, 0.3) is 0 Å². The molecule has 0 aliphatic carbocycles. The summed E-state index contributed by atoms with van der Waals surface area (Å²) < 4.78 is 5.12. The van der Waals surface area contributed by atoms with Crippen molar-refractivity contribution in [1.29, 1.82) is 5.26 Å². The lowest BCUT2D eigenvalue weighted by molar-refractivity contribution is 0.121. The summed E-state index contributed by atoms with van der Waals surface area (Å²) in [7, 11) is 3.71. The van der Waals surface area contributed by atoms with E-state index in [1.807, 2.05) is 18.0 Å². The molecule has 120 valence electrons. The predicted octanol–water partition coefficient (Wildman–Crippen LogP) is 0.725. The van der Waals surface area contributed by atoms with E-state index in [1.165, 1.54) is 19.0 Å². The summed E-state index contributed by atoms with van der Waals surface area (Å²) in [5, 5.41) is 8.86. The predicted molar refractivity (Wildman–Crippen MR) is 85.5 cm³/mol. The summed E-state index contributed by atoms with van der Waals surface area (Å²) in [6.45, 7) is 4.93. The van der Waals surface area contributed by atoms with Gasteiger partial charge in [-0.15, -0.1) is 0 Å². The van der Waals surface area contributed by atoms with Crippen LogP contribution in [-0.2, 0) is 4.74 Å². The maximum atomic E-state index is 8.86. The molecule has 7 heteroatoms. The minimum absolute atomic E-state index is 0.244. The van der Waals surface area contributed by atoms with E-state index < -0.39 is 0 Å². The van der Waals surface area contributed by atoms with Gasteiger partial charge in [-0.05, 0) is 31.8 Å². The Hall–Kier alpha value is -1.91. The Bertz CT molecular complexity index is 521. The first-order valence-electron chi connectivity index (χ1n) is 7.59. The Kier molecular flexibility index (Phi) is 5.92. The van der Waals surface area contributed by atoms with E-state index >= 15 is 0 Å². The maximum Gasteiger partial charge on any atom is 0.227 e. The van der Waals surface area contributed by atoms with E-state index in [1.54, 1.807) is 7.11 Å². The van der Waals surface area contributed by atoms with E-state index in [-0.39, 0.29) is 5.82 Å². The third-order valence-corrected chi connectivity index (χ3v) is 4.12. The van der Waals surface area contributed by atoms with Gasteiger partial charge in [-0.25, -0.2) is 4.98 Å². The van der Waals surface area contributed by atoms with Gasteiger partial charge >= 0.3 is 0 Å². The van der Waals surface area contributed by atoms with Gasteiger partial charge in [0.05, 0.1) is 12.8 Å². The summed E-state index contributed by atoms with van der Waals surface area (Å²) in [6, 6.07) is 1.98. The van der Waals surface area contributed by atoms with Crippen LogP contribution in [0.15, 0.2) is 6.20 Å². The molecule has 1 fully saturated rings. The first kappa shape index (κ1) is 16.5. The molecule has 0 spiro atoms. The molecule has 0 unspecified atom stereocenters. The zero-order valence-electron chi connectivity index (χ0n) is 13.3. The van der Waals surface area contributed by atoms with Gasteiger partial charge in [0.15, 0.2) is 0 Å². The van der Waals surface area contributed by atoms with Crippen molar-refractivity contribution in [2.45, 2.75) is 12.8 Å². The average Bonchev–Trinajstić information content (AvgIpc) is 2.54. The summed E-state index contributed by atoms with van der Waals surface area (Å²) in [5.41, 5.74) is 6.07. The Labute approximate surface area is 131 Å². The number of piperidine rings is 1. The molecule has 0 saturated carbocycles. The zero-order chi connectivity index (χ0) is 15.9. The van der Waals surface area contributed by atoms with Gasteiger partial charge in [-0.2, -0.15) is 10.2 Å². The molecule has 1 aliphatic heterocycles. The molecule has 2 N–H and O–H groups in total. The number of nitrogen functional groups attached to an aromatic ring is 1. The summed E-state index contributed by atoms with van der Waals surface area (Å²) in [6.07, 6.45) is 3.82. The van der Waals surface area contributed by atoms with Crippen LogP contribution in [0.1, 0.15) is 18.4 Å². The Morgan fingerprint density at radius 2 is 2.23 bits per heavy atom. The van der Waals surface area contributed by atoms with Crippen molar-refractivity contribution in [3.05, 3.63) is 11.8 Å². The van der Waals surface area contributed by atoms with Crippen molar-refractivity contribution >= 4 is 11.8 Å². The minimum Gasteiger partial charge on any atom is -0.383 e. The molecular formula is C15H24N6O. The van der Waals surface area contributed by atoms with Gasteiger partial charge in [-0.3, -0.25) is 0 Å². The van der Waals surface area contributed by atoms with Gasteiger partial charge in [0, 0.05) is 27.2 Å². The smallest absolute Gasteiger partial charge is 0.227 e. The maximum absolute atomic E-state index is 8.86. The second-order valence-corrected chi connectivity index (χ2v) is 5.74. The number of hydrogen-bond acceptors (Lipinski definition) is 7. The molecule has 0 bridgehead atoms. The van der Waals surface area contributed by atoms with E-state index in [0.717, 1.165) is 32.8 Å². The van der Waals surface area contributed by atoms with Crippen LogP contribution in [0.4, 0.5) is 11.8 Å². The SMILES string of the molecule is COCCN1CCC(CN(C)c2ncc(C#N)c(N)n2)CC1. The van der Waals surface area contributed by atoms with E-state index in [2.05, 4.69) is 14.9 Å². The van der Waals surface area contributed by atoms with Gasteiger partial charge < -0.3 is 20.3 Å². The van der Waals surface area contributed by atoms with Crippen LogP contribution in [0.5, 0.6) is 0 Å². The number of ether oxygens (including phenoxy) is 1. The highest BCUT2D eigenvalue weighted by molar-refractivity contribution is 5.50. The number of methoxy groups -OCH3 is 1. The number of rotatable bonds is 6. The van der Waals surface area contributed by atoms with Crippen molar-refractivity contribution in [1.82, 2.24) is 14.9 Å². The largest absolute Gasteiger partial charge is 0.383 e. The molecule has 0 amide bonds. The van der Waals surface area contributed by atoms with Crippen LogP contribution in [0.2, 0.25) is 0 Å². The Morgan fingerprint density at radius 1 is 1.50 bits per heavy atom. The lowest BCUT2D eigenvalue weighted by Crippen LogP contribution is -2.39. The lowest BCUT2D eigenvalue weighted by Gasteiger charge is -2.33. The van der Waals surface area contributed by atoms with Crippen molar-refractivity contribution < 1.29 is 4.74 Å². The number of hydrogen-bond donors (Lipinski definition) is 1. The average molecular weight is 304 g/mol. The molecule has 7 nitrogen and oxygen atoms in total. The lowest BCUT2D eigenvalue weighted by atomic mass is 9.96. The summed E-state index contributed by atoms with van der Waals surface area (Å²) >= 11 is 0. The molecule has 1 saturated heterocycles. The first-order chi connectivity index (χ1) is 10.6. The van der Waals surface area contributed by atoms with Crippen molar-refractivity contribution in [3.63, 3.8) is 0 Å². The number of likely N-dealkylation sites (tertiary alicyclic amines) is 1. The molecular weight excluding hydrogens is 280 g/mol. The first-order valence-corrected chi connectivity index (χ1v) is 7.59. The summed E-state index contributed by atoms with van der Waals surface area (Å²) in [5.74, 6) is 1.45. The topological polar surface area (TPSA) is 91.3 Å². The van der Waals surface area contributed by atoms with E-state index in [0.29, 0.717) is 17.4 Å². The van der Waals surface area contributed by atoms with Crippen molar-refractivity contribution in [2.24, 2.45) is 5.92 Å². The number of aromatic nitrogens is 2. The monoisotopic (exact) mass is 304 g/mol. The molecule has 0 radical (unpaired) electrons. The van der Waals surface area contributed by atoms with Gasteiger partial charge in [-0.1, -0.05) is 0 Å².